The van der Waals surface area contributed by atoms with Crippen molar-refractivity contribution in [1.29, 1.82) is 0 Å². The maximum atomic E-state index is 9.29. The third-order valence-corrected chi connectivity index (χ3v) is 0.894. The summed E-state index contributed by atoms with van der Waals surface area (Å²) in [5.41, 5.74) is 0. The minimum atomic E-state index is -2.33. The van der Waals surface area contributed by atoms with Crippen LogP contribution in [0.4, 0.5) is 0 Å². The molecule has 10 heavy (non-hydrogen) atoms. The molecular formula is C4H8O4S2. The summed E-state index contributed by atoms with van der Waals surface area (Å²) >= 11 is 0. The fourth-order valence-electron chi connectivity index (χ4n) is 0. The number of hydrogen-bond acceptors (Lipinski definition) is 4. The molecule has 60 valence electrons. The molecular weight excluding hydrogens is 176 g/mol. The van der Waals surface area contributed by atoms with Crippen LogP contribution in [0.15, 0.2) is 24.0 Å². The molecule has 0 N–H and O–H groups in total. The summed E-state index contributed by atoms with van der Waals surface area (Å²) in [4.78, 5) is 0. The maximum Gasteiger partial charge on any atom is 0.160 e. The first-order valence-corrected chi connectivity index (χ1v) is 4.56. The van der Waals surface area contributed by atoms with E-state index in [9.17, 15) is 16.8 Å². The SMILES string of the molecule is C=C[SH](=O)=O.C=C[SH](=O)=O. The van der Waals surface area contributed by atoms with Gasteiger partial charge >= 0.3 is 0 Å². The lowest BCUT2D eigenvalue weighted by Crippen LogP contribution is -1.54. The normalized spacial score (nSPS) is 8.20. The molecule has 0 spiro atoms. The van der Waals surface area contributed by atoms with Crippen LogP contribution in [0, 0.1) is 0 Å². The fourth-order valence-corrected chi connectivity index (χ4v) is 0. The van der Waals surface area contributed by atoms with Crippen LogP contribution in [-0.4, -0.2) is 16.8 Å². The van der Waals surface area contributed by atoms with Gasteiger partial charge in [-0.05, 0) is 0 Å². The van der Waals surface area contributed by atoms with E-state index in [0.29, 0.717) is 0 Å². The Balaban J connectivity index is 0. The Morgan fingerprint density at radius 1 is 0.800 bits per heavy atom. The summed E-state index contributed by atoms with van der Waals surface area (Å²) in [6, 6.07) is 0. The molecule has 4 nitrogen and oxygen atoms in total. The Labute approximate surface area is 62.8 Å². The van der Waals surface area contributed by atoms with E-state index < -0.39 is 21.4 Å². The quantitative estimate of drug-likeness (QED) is 0.567. The molecule has 0 aliphatic rings. The third kappa shape index (κ3) is 26.3. The molecule has 0 bridgehead atoms. The Morgan fingerprint density at radius 3 is 0.900 bits per heavy atom. The maximum absolute atomic E-state index is 9.29. The molecule has 6 heteroatoms. The third-order valence-electron chi connectivity index (χ3n) is 0.298. The number of thiol groups is 2. The van der Waals surface area contributed by atoms with Crippen LogP contribution in [0.25, 0.3) is 0 Å². The average molecular weight is 184 g/mol. The van der Waals surface area contributed by atoms with Gasteiger partial charge in [-0.2, -0.15) is 0 Å². The highest BCUT2D eigenvalue weighted by Gasteiger charge is 1.55. The lowest BCUT2D eigenvalue weighted by Gasteiger charge is -1.49. The summed E-state index contributed by atoms with van der Waals surface area (Å²) in [6.07, 6.45) is 0. The van der Waals surface area contributed by atoms with E-state index in [2.05, 4.69) is 13.2 Å². The van der Waals surface area contributed by atoms with E-state index in [1.807, 2.05) is 0 Å². The van der Waals surface area contributed by atoms with Gasteiger partial charge in [-0.15, -0.1) is 0 Å². The molecule has 0 atom stereocenters. The zero-order valence-corrected chi connectivity index (χ0v) is 6.89. The lowest BCUT2D eigenvalue weighted by atomic mass is 11.3. The second kappa shape index (κ2) is 8.38. The summed E-state index contributed by atoms with van der Waals surface area (Å²) in [5, 5.41) is 1.74. The van der Waals surface area contributed by atoms with Crippen LogP contribution < -0.4 is 0 Å². The molecule has 0 unspecified atom stereocenters. The highest BCUT2D eigenvalue weighted by molar-refractivity contribution is 7.75. The summed E-state index contributed by atoms with van der Waals surface area (Å²) in [6.45, 7) is 5.93. The smallest absolute Gasteiger partial charge is 0.160 e. The topological polar surface area (TPSA) is 68.3 Å². The van der Waals surface area contributed by atoms with Crippen LogP contribution in [0.5, 0.6) is 0 Å². The zero-order chi connectivity index (χ0) is 8.57. The zero-order valence-electron chi connectivity index (χ0n) is 5.10. The predicted molar refractivity (Wildman–Crippen MR) is 41.0 cm³/mol. The summed E-state index contributed by atoms with van der Waals surface area (Å²) in [7, 11) is -4.67. The van der Waals surface area contributed by atoms with Gasteiger partial charge in [0.25, 0.3) is 0 Å². The van der Waals surface area contributed by atoms with E-state index in [4.69, 9.17) is 0 Å². The van der Waals surface area contributed by atoms with Gasteiger partial charge in [0.05, 0.1) is 0 Å². The van der Waals surface area contributed by atoms with E-state index in [-0.39, 0.29) is 0 Å². The van der Waals surface area contributed by atoms with Crippen molar-refractivity contribution in [2.24, 2.45) is 0 Å². The van der Waals surface area contributed by atoms with Crippen molar-refractivity contribution in [2.75, 3.05) is 0 Å². The van der Waals surface area contributed by atoms with Crippen molar-refractivity contribution in [3.05, 3.63) is 24.0 Å². The first-order valence-electron chi connectivity index (χ1n) is 2.06. The molecule has 0 aromatic carbocycles. The highest BCUT2D eigenvalue weighted by Crippen LogP contribution is 1.53. The van der Waals surface area contributed by atoms with Crippen molar-refractivity contribution in [3.63, 3.8) is 0 Å². The van der Waals surface area contributed by atoms with Gasteiger partial charge in [0.1, 0.15) is 0 Å². The molecule has 0 saturated carbocycles. The van der Waals surface area contributed by atoms with Crippen molar-refractivity contribution in [3.8, 4) is 0 Å². The van der Waals surface area contributed by atoms with Crippen molar-refractivity contribution in [1.82, 2.24) is 0 Å². The van der Waals surface area contributed by atoms with Gasteiger partial charge in [-0.1, -0.05) is 13.2 Å². The molecule has 0 aliphatic carbocycles. The second-order valence-electron chi connectivity index (χ2n) is 0.936. The molecule has 0 aromatic rings. The van der Waals surface area contributed by atoms with Gasteiger partial charge in [0, 0.05) is 10.8 Å². The largest absolute Gasteiger partial charge is 0.227 e. The lowest BCUT2D eigenvalue weighted by molar-refractivity contribution is 0.620. The average Bonchev–Trinajstić information content (AvgIpc) is 1.89. The van der Waals surface area contributed by atoms with Crippen LogP contribution in [0.2, 0.25) is 0 Å². The predicted octanol–water partition coefficient (Wildman–Crippen LogP) is -0.517. The van der Waals surface area contributed by atoms with E-state index in [1.165, 1.54) is 0 Å². The molecule has 0 radical (unpaired) electrons. The van der Waals surface area contributed by atoms with Crippen LogP contribution >= 0.6 is 0 Å². The molecule has 0 saturated heterocycles. The van der Waals surface area contributed by atoms with Crippen LogP contribution in [0.1, 0.15) is 0 Å². The van der Waals surface area contributed by atoms with Gasteiger partial charge in [-0.3, -0.25) is 0 Å². The standard InChI is InChI=1S/2C2H4O2S/c2*1-2-5(3)4/h2*2,5H,1H2. The van der Waals surface area contributed by atoms with Gasteiger partial charge in [0.2, 0.25) is 0 Å². The Bertz CT molecular complexity index is 194. The molecule has 0 fully saturated rings. The second-order valence-corrected chi connectivity index (χ2v) is 2.81. The van der Waals surface area contributed by atoms with Crippen molar-refractivity contribution < 1.29 is 16.8 Å². The molecule has 0 heterocycles. The molecule has 0 aliphatic heterocycles. The van der Waals surface area contributed by atoms with E-state index >= 15 is 0 Å². The molecule has 0 amide bonds. The van der Waals surface area contributed by atoms with Crippen LogP contribution in [0.3, 0.4) is 0 Å². The fraction of sp³-hybridized carbons (Fsp3) is 0. The van der Waals surface area contributed by atoms with Gasteiger partial charge < -0.3 is 0 Å². The Hall–Kier alpha value is -0.620. The van der Waals surface area contributed by atoms with Crippen molar-refractivity contribution >= 4 is 21.4 Å². The van der Waals surface area contributed by atoms with Gasteiger partial charge in [-0.25, -0.2) is 16.8 Å². The number of rotatable bonds is 2. The molecule has 0 rings (SSSR count). The van der Waals surface area contributed by atoms with Gasteiger partial charge in [0.15, 0.2) is 21.4 Å². The summed E-state index contributed by atoms with van der Waals surface area (Å²) < 4.78 is 37.1. The minimum absolute atomic E-state index is 0.870. The summed E-state index contributed by atoms with van der Waals surface area (Å²) in [5.74, 6) is 0. The van der Waals surface area contributed by atoms with E-state index in [1.54, 1.807) is 0 Å². The monoisotopic (exact) mass is 184 g/mol. The van der Waals surface area contributed by atoms with E-state index in [0.717, 1.165) is 10.8 Å². The first-order chi connectivity index (χ1) is 4.54. The Morgan fingerprint density at radius 2 is 0.900 bits per heavy atom. The minimum Gasteiger partial charge on any atom is -0.227 e. The highest BCUT2D eigenvalue weighted by atomic mass is 32.2. The Kier molecular flexibility index (Phi) is 10.1. The first kappa shape index (κ1) is 12.1. The molecule has 0 aromatic heterocycles. The number of hydrogen-bond donors (Lipinski definition) is 2. The van der Waals surface area contributed by atoms with Crippen molar-refractivity contribution in [2.45, 2.75) is 0 Å². The van der Waals surface area contributed by atoms with Crippen LogP contribution in [-0.2, 0) is 21.4 Å².